The van der Waals surface area contributed by atoms with Gasteiger partial charge in [-0.3, -0.25) is 14.4 Å². The number of fused-ring (bicyclic) bond motifs is 3. The summed E-state index contributed by atoms with van der Waals surface area (Å²) < 4.78 is 34.0. The second kappa shape index (κ2) is 13.4. The van der Waals surface area contributed by atoms with Gasteiger partial charge in [0, 0.05) is 67.7 Å². The van der Waals surface area contributed by atoms with E-state index in [-0.39, 0.29) is 35.0 Å². The van der Waals surface area contributed by atoms with Crippen LogP contribution in [0.1, 0.15) is 59.9 Å². The number of nitrogens with one attached hydrogen (secondary N) is 1. The number of benzene rings is 2. The van der Waals surface area contributed by atoms with Crippen LogP contribution in [0.2, 0.25) is 0 Å². The van der Waals surface area contributed by atoms with Crippen molar-refractivity contribution in [2.75, 3.05) is 48.0 Å². The molecule has 260 valence electrons. The summed E-state index contributed by atoms with van der Waals surface area (Å²) in [5.41, 5.74) is 4.11. The molecule has 12 heteroatoms. The summed E-state index contributed by atoms with van der Waals surface area (Å²) in [5.74, 6) is -1.59. The van der Waals surface area contributed by atoms with Crippen LogP contribution in [0.25, 0.3) is 9.75 Å². The van der Waals surface area contributed by atoms with Crippen molar-refractivity contribution in [2.24, 2.45) is 5.41 Å². The van der Waals surface area contributed by atoms with Crippen LogP contribution in [-0.4, -0.2) is 55.4 Å². The van der Waals surface area contributed by atoms with Crippen molar-refractivity contribution >= 4 is 57.5 Å². The lowest BCUT2D eigenvalue weighted by Crippen LogP contribution is -2.59. The number of aromatic nitrogens is 1. The summed E-state index contributed by atoms with van der Waals surface area (Å²) >= 11 is 2.77. The lowest BCUT2D eigenvalue weighted by atomic mass is 9.73. The molecule has 1 spiro atoms. The third kappa shape index (κ3) is 6.36. The van der Waals surface area contributed by atoms with Crippen LogP contribution >= 0.6 is 22.7 Å². The van der Waals surface area contributed by atoms with E-state index in [2.05, 4.69) is 15.2 Å². The van der Waals surface area contributed by atoms with Crippen LogP contribution in [0, 0.1) is 24.0 Å². The Labute approximate surface area is 301 Å². The molecule has 2 fully saturated rings. The Morgan fingerprint density at radius 1 is 0.980 bits per heavy atom. The number of rotatable bonds is 7. The van der Waals surface area contributed by atoms with Crippen molar-refractivity contribution in [1.29, 1.82) is 0 Å². The molecule has 0 bridgehead atoms. The smallest absolute Gasteiger partial charge is 0.259 e. The molecule has 0 unspecified atom stereocenters. The van der Waals surface area contributed by atoms with Crippen LogP contribution in [0.5, 0.6) is 0 Å². The molecule has 2 amide bonds. The van der Waals surface area contributed by atoms with E-state index >= 15 is 0 Å². The Morgan fingerprint density at radius 3 is 2.47 bits per heavy atom. The van der Waals surface area contributed by atoms with Gasteiger partial charge in [-0.15, -0.1) is 22.7 Å². The molecule has 2 aromatic carbocycles. The van der Waals surface area contributed by atoms with Gasteiger partial charge in [-0.05, 0) is 97.3 Å². The largest absolute Gasteiger partial charge is 0.381 e. The Balaban J connectivity index is 0.960. The van der Waals surface area contributed by atoms with Crippen LogP contribution in [0.15, 0.2) is 72.2 Å². The van der Waals surface area contributed by atoms with Crippen LogP contribution in [0.3, 0.4) is 0 Å². The number of ether oxygens (including phenoxy) is 1. The average Bonchev–Trinajstić information content (AvgIpc) is 3.74. The highest BCUT2D eigenvalue weighted by Crippen LogP contribution is 2.46. The SMILES string of the molecule is Cc1cnc(N2CC3(CCOCC3)C2)c(C(=O)Nc2ccc(C(=O)N3CCc4cc(C(=O)Cc5c(F)cccc5F)sc4-c4sccc43)cc2)c1. The summed E-state index contributed by atoms with van der Waals surface area (Å²) in [6.07, 6.45) is 3.97. The van der Waals surface area contributed by atoms with Crippen LogP contribution in [0.4, 0.5) is 26.0 Å². The van der Waals surface area contributed by atoms with Gasteiger partial charge in [-0.2, -0.15) is 0 Å². The monoisotopic (exact) mass is 724 g/mol. The molecule has 1 N–H and O–H groups in total. The number of hydrogen-bond acceptors (Lipinski definition) is 8. The molecule has 0 atom stereocenters. The first-order valence-electron chi connectivity index (χ1n) is 16.9. The number of halogens is 2. The molecule has 0 aliphatic carbocycles. The second-order valence-corrected chi connectivity index (χ2v) is 15.5. The fraction of sp³-hybridized carbons (Fsp3) is 0.282. The minimum Gasteiger partial charge on any atom is -0.381 e. The van der Waals surface area contributed by atoms with Crippen molar-refractivity contribution in [3.05, 3.63) is 117 Å². The molecule has 3 aromatic heterocycles. The number of Topliss-reactive ketones (excluding diaryl/α,β-unsaturated/α-hetero) is 1. The fourth-order valence-corrected chi connectivity index (χ4v) is 9.44. The number of anilines is 3. The van der Waals surface area contributed by atoms with E-state index in [1.165, 1.54) is 28.7 Å². The van der Waals surface area contributed by atoms with Crippen molar-refractivity contribution in [2.45, 2.75) is 32.6 Å². The zero-order valence-electron chi connectivity index (χ0n) is 27.8. The van der Waals surface area contributed by atoms with E-state index < -0.39 is 11.6 Å². The Morgan fingerprint density at radius 2 is 1.73 bits per heavy atom. The van der Waals surface area contributed by atoms with Crippen molar-refractivity contribution in [3.8, 4) is 9.75 Å². The number of hydrogen-bond donors (Lipinski definition) is 1. The number of pyridine rings is 1. The number of ketones is 1. The molecule has 3 aliphatic heterocycles. The van der Waals surface area contributed by atoms with E-state index in [1.54, 1.807) is 41.4 Å². The second-order valence-electron chi connectivity index (χ2n) is 13.5. The highest BCUT2D eigenvalue weighted by Gasteiger charge is 2.45. The zero-order chi connectivity index (χ0) is 35.3. The van der Waals surface area contributed by atoms with Gasteiger partial charge in [0.05, 0.1) is 25.9 Å². The number of aryl methyl sites for hydroxylation is 1. The molecular formula is C39H34F2N4O4S2. The lowest BCUT2D eigenvalue weighted by molar-refractivity contribution is -0.000511. The lowest BCUT2D eigenvalue weighted by Gasteiger charge is -2.53. The van der Waals surface area contributed by atoms with Gasteiger partial charge in [0.1, 0.15) is 17.5 Å². The predicted molar refractivity (Wildman–Crippen MR) is 195 cm³/mol. The van der Waals surface area contributed by atoms with E-state index in [0.717, 1.165) is 77.8 Å². The third-order valence-corrected chi connectivity index (χ3v) is 12.3. The minimum absolute atomic E-state index is 0.181. The molecule has 5 aromatic rings. The molecule has 6 heterocycles. The maximum Gasteiger partial charge on any atom is 0.259 e. The first kappa shape index (κ1) is 33.4. The van der Waals surface area contributed by atoms with Gasteiger partial charge in [-0.1, -0.05) is 6.07 Å². The summed E-state index contributed by atoms with van der Waals surface area (Å²) in [6, 6.07) is 16.0. The predicted octanol–water partition coefficient (Wildman–Crippen LogP) is 7.96. The molecule has 8 rings (SSSR count). The zero-order valence-corrected chi connectivity index (χ0v) is 29.5. The Kier molecular flexibility index (Phi) is 8.77. The topological polar surface area (TPSA) is 91.8 Å². The number of thiophene rings is 2. The maximum absolute atomic E-state index is 14.2. The number of amides is 2. The third-order valence-electron chi connectivity index (χ3n) is 10.0. The van der Waals surface area contributed by atoms with E-state index in [9.17, 15) is 23.2 Å². The number of carbonyl (C=O) groups excluding carboxylic acids is 3. The van der Waals surface area contributed by atoms with E-state index in [0.29, 0.717) is 40.5 Å². The molecule has 8 nitrogen and oxygen atoms in total. The fourth-order valence-electron chi connectivity index (χ4n) is 7.21. The molecule has 0 saturated carbocycles. The van der Waals surface area contributed by atoms with Gasteiger partial charge >= 0.3 is 0 Å². The number of nitrogens with zero attached hydrogens (tertiary/aromatic N) is 3. The van der Waals surface area contributed by atoms with E-state index in [4.69, 9.17) is 4.74 Å². The molecule has 3 aliphatic rings. The Hall–Kier alpha value is -4.78. The van der Waals surface area contributed by atoms with Crippen molar-refractivity contribution in [1.82, 2.24) is 4.98 Å². The molecular weight excluding hydrogens is 691 g/mol. The van der Waals surface area contributed by atoms with Crippen molar-refractivity contribution < 1.29 is 27.9 Å². The summed E-state index contributed by atoms with van der Waals surface area (Å²) in [4.78, 5) is 51.3. The minimum atomic E-state index is -0.741. The van der Waals surface area contributed by atoms with Gasteiger partial charge in [0.25, 0.3) is 11.8 Å². The summed E-state index contributed by atoms with van der Waals surface area (Å²) in [5, 5.41) is 4.90. The highest BCUT2D eigenvalue weighted by atomic mass is 32.1. The molecule has 0 radical (unpaired) electrons. The quantitative estimate of drug-likeness (QED) is 0.171. The molecule has 2 saturated heterocycles. The standard InChI is InChI=1S/C39H34F2N4O4S2/c1-23-17-28(36(42-20-23)44-21-39(22-44)11-14-49-15-12-39)37(47)43-26-7-5-24(6-8-26)38(48)45-13-9-25-18-33(51-34(25)35-31(45)10-16-50-35)32(46)19-27-29(40)3-2-4-30(27)41/h2-8,10,16-18,20H,9,11-15,19,21-22H2,1H3,(H,43,47). The average molecular weight is 725 g/mol. The van der Waals surface area contributed by atoms with Gasteiger partial charge in [0.15, 0.2) is 5.78 Å². The normalized spacial score (nSPS) is 16.2. The van der Waals surface area contributed by atoms with Gasteiger partial charge in [0.2, 0.25) is 0 Å². The molecule has 51 heavy (non-hydrogen) atoms. The number of carbonyl (C=O) groups is 3. The van der Waals surface area contributed by atoms with Crippen LogP contribution < -0.4 is 15.1 Å². The summed E-state index contributed by atoms with van der Waals surface area (Å²) in [7, 11) is 0. The van der Waals surface area contributed by atoms with Gasteiger partial charge < -0.3 is 19.9 Å². The van der Waals surface area contributed by atoms with E-state index in [1.807, 2.05) is 24.4 Å². The first-order chi connectivity index (χ1) is 24.7. The van der Waals surface area contributed by atoms with Gasteiger partial charge in [-0.25, -0.2) is 13.8 Å². The highest BCUT2D eigenvalue weighted by molar-refractivity contribution is 7.23. The maximum atomic E-state index is 14.2. The Bertz CT molecular complexity index is 2150. The summed E-state index contributed by atoms with van der Waals surface area (Å²) in [6.45, 7) is 5.56. The van der Waals surface area contributed by atoms with Crippen LogP contribution in [-0.2, 0) is 17.6 Å². The van der Waals surface area contributed by atoms with Crippen molar-refractivity contribution in [3.63, 3.8) is 0 Å². The first-order valence-corrected chi connectivity index (χ1v) is 18.6.